The van der Waals surface area contributed by atoms with Crippen LogP contribution in [0.3, 0.4) is 0 Å². The molecule has 7 nitrogen and oxygen atoms in total. The third kappa shape index (κ3) is 5.41. The van der Waals surface area contributed by atoms with E-state index < -0.39 is 0 Å². The van der Waals surface area contributed by atoms with Crippen molar-refractivity contribution in [1.82, 2.24) is 20.2 Å². The van der Waals surface area contributed by atoms with E-state index >= 15 is 0 Å². The molecule has 0 aliphatic heterocycles. The van der Waals surface area contributed by atoms with E-state index in [1.54, 1.807) is 14.1 Å². The highest BCUT2D eigenvalue weighted by atomic mass is 16.2. The lowest BCUT2D eigenvalue weighted by atomic mass is 10.4. The third-order valence-electron chi connectivity index (χ3n) is 2.30. The lowest BCUT2D eigenvalue weighted by molar-refractivity contribution is 0.218. The van der Waals surface area contributed by atoms with Gasteiger partial charge in [0.25, 0.3) is 0 Å². The first kappa shape index (κ1) is 15.0. The van der Waals surface area contributed by atoms with Gasteiger partial charge < -0.3 is 20.9 Å². The first-order chi connectivity index (χ1) is 9.02. The number of rotatable bonds is 6. The van der Waals surface area contributed by atoms with Crippen molar-refractivity contribution in [3.63, 3.8) is 0 Å². The first-order valence-corrected chi connectivity index (χ1v) is 6.31. The monoisotopic (exact) mass is 266 g/mol. The summed E-state index contributed by atoms with van der Waals surface area (Å²) in [6, 6.07) is 1.77. The summed E-state index contributed by atoms with van der Waals surface area (Å²) >= 11 is 0. The standard InChI is InChI=1S/C12H22N6O/c1-5-13-11-16-9(2)8-10(17-11)14-6-7-15-12(19)18(3)4/h8H,5-7H2,1-4H3,(H,15,19)(H2,13,14,16,17). The number of aromatic nitrogens is 2. The van der Waals surface area contributed by atoms with Crippen LogP contribution in [0.15, 0.2) is 6.07 Å². The van der Waals surface area contributed by atoms with Crippen molar-refractivity contribution in [1.29, 1.82) is 0 Å². The van der Waals surface area contributed by atoms with E-state index in [1.807, 2.05) is 19.9 Å². The molecule has 0 saturated heterocycles. The van der Waals surface area contributed by atoms with Gasteiger partial charge in [-0.05, 0) is 13.8 Å². The molecule has 0 fully saturated rings. The van der Waals surface area contributed by atoms with Gasteiger partial charge in [-0.1, -0.05) is 0 Å². The largest absolute Gasteiger partial charge is 0.368 e. The zero-order valence-electron chi connectivity index (χ0n) is 11.9. The summed E-state index contributed by atoms with van der Waals surface area (Å²) in [5, 5.41) is 9.00. The fraction of sp³-hybridized carbons (Fsp3) is 0.583. The normalized spacial score (nSPS) is 9.89. The van der Waals surface area contributed by atoms with Gasteiger partial charge in [-0.3, -0.25) is 0 Å². The molecule has 0 saturated carbocycles. The Labute approximate surface area is 113 Å². The average Bonchev–Trinajstić information content (AvgIpc) is 2.34. The van der Waals surface area contributed by atoms with Crippen molar-refractivity contribution in [3.05, 3.63) is 11.8 Å². The summed E-state index contributed by atoms with van der Waals surface area (Å²) in [7, 11) is 3.42. The highest BCUT2D eigenvalue weighted by Crippen LogP contribution is 2.08. The van der Waals surface area contributed by atoms with Gasteiger partial charge >= 0.3 is 6.03 Å². The van der Waals surface area contributed by atoms with E-state index in [0.29, 0.717) is 19.0 Å². The first-order valence-electron chi connectivity index (χ1n) is 6.31. The predicted molar refractivity (Wildman–Crippen MR) is 76.5 cm³/mol. The van der Waals surface area contributed by atoms with Gasteiger partial charge in [0, 0.05) is 45.5 Å². The fourth-order valence-electron chi connectivity index (χ4n) is 1.41. The summed E-state index contributed by atoms with van der Waals surface area (Å²) in [6.45, 7) is 5.84. The van der Waals surface area contributed by atoms with Crippen molar-refractivity contribution in [2.45, 2.75) is 13.8 Å². The van der Waals surface area contributed by atoms with Gasteiger partial charge in [-0.25, -0.2) is 9.78 Å². The molecule has 0 radical (unpaired) electrons. The molecule has 19 heavy (non-hydrogen) atoms. The number of hydrogen-bond donors (Lipinski definition) is 3. The minimum atomic E-state index is -0.103. The van der Waals surface area contributed by atoms with E-state index in [0.717, 1.165) is 18.1 Å². The van der Waals surface area contributed by atoms with Crippen LogP contribution in [0, 0.1) is 6.92 Å². The van der Waals surface area contributed by atoms with Crippen molar-refractivity contribution in [2.75, 3.05) is 44.4 Å². The van der Waals surface area contributed by atoms with E-state index in [1.165, 1.54) is 4.90 Å². The number of hydrogen-bond acceptors (Lipinski definition) is 5. The van der Waals surface area contributed by atoms with Crippen LogP contribution >= 0.6 is 0 Å². The summed E-state index contributed by atoms with van der Waals surface area (Å²) in [6.07, 6.45) is 0. The molecule has 0 unspecified atom stereocenters. The molecule has 1 aromatic rings. The summed E-state index contributed by atoms with van der Waals surface area (Å²) in [4.78, 5) is 21.4. The predicted octanol–water partition coefficient (Wildman–Crippen LogP) is 0.900. The van der Waals surface area contributed by atoms with Gasteiger partial charge in [-0.2, -0.15) is 4.98 Å². The summed E-state index contributed by atoms with van der Waals surface area (Å²) in [5.74, 6) is 1.37. The SMILES string of the molecule is CCNc1nc(C)cc(NCCNC(=O)N(C)C)n1. The van der Waals surface area contributed by atoms with Gasteiger partial charge in [-0.15, -0.1) is 0 Å². The molecule has 3 N–H and O–H groups in total. The number of urea groups is 1. The van der Waals surface area contributed by atoms with Crippen molar-refractivity contribution in [2.24, 2.45) is 0 Å². The van der Waals surface area contributed by atoms with Gasteiger partial charge in [0.05, 0.1) is 0 Å². The molecule has 7 heteroatoms. The molecule has 106 valence electrons. The number of nitrogens with one attached hydrogen (secondary N) is 3. The van der Waals surface area contributed by atoms with Crippen LogP contribution in [-0.4, -0.2) is 54.6 Å². The van der Waals surface area contributed by atoms with E-state index in [4.69, 9.17) is 0 Å². The Balaban J connectivity index is 2.42. The molecule has 0 aromatic carbocycles. The number of aryl methyl sites for hydroxylation is 1. The smallest absolute Gasteiger partial charge is 0.316 e. The second-order valence-corrected chi connectivity index (χ2v) is 4.30. The highest BCUT2D eigenvalue weighted by molar-refractivity contribution is 5.73. The number of carbonyl (C=O) groups excluding carboxylic acids is 1. The van der Waals surface area contributed by atoms with Crippen LogP contribution in [0.2, 0.25) is 0 Å². The molecular formula is C12H22N6O. The maximum atomic E-state index is 11.3. The molecule has 1 heterocycles. The third-order valence-corrected chi connectivity index (χ3v) is 2.30. The molecule has 1 rings (SSSR count). The van der Waals surface area contributed by atoms with Crippen LogP contribution < -0.4 is 16.0 Å². The molecular weight excluding hydrogens is 244 g/mol. The number of carbonyl (C=O) groups is 1. The molecule has 0 atom stereocenters. The minimum absolute atomic E-state index is 0.103. The lowest BCUT2D eigenvalue weighted by Crippen LogP contribution is -2.37. The lowest BCUT2D eigenvalue weighted by Gasteiger charge is -2.13. The summed E-state index contributed by atoms with van der Waals surface area (Å²) < 4.78 is 0. The zero-order chi connectivity index (χ0) is 14.3. The van der Waals surface area contributed by atoms with Crippen LogP contribution in [0.4, 0.5) is 16.6 Å². The second kappa shape index (κ2) is 7.40. The number of nitrogens with zero attached hydrogens (tertiary/aromatic N) is 3. The van der Waals surface area contributed by atoms with E-state index in [9.17, 15) is 4.79 Å². The molecule has 2 amide bonds. The highest BCUT2D eigenvalue weighted by Gasteiger charge is 2.03. The molecule has 0 aliphatic carbocycles. The van der Waals surface area contributed by atoms with Crippen LogP contribution in [0.25, 0.3) is 0 Å². The molecule has 0 spiro atoms. The molecule has 1 aromatic heterocycles. The Hall–Kier alpha value is -2.05. The van der Waals surface area contributed by atoms with Gasteiger partial charge in [0.15, 0.2) is 0 Å². The van der Waals surface area contributed by atoms with Crippen LogP contribution in [0.5, 0.6) is 0 Å². The average molecular weight is 266 g/mol. The van der Waals surface area contributed by atoms with Crippen molar-refractivity contribution < 1.29 is 4.79 Å². The van der Waals surface area contributed by atoms with Crippen molar-refractivity contribution in [3.8, 4) is 0 Å². The molecule has 0 aliphatic rings. The van der Waals surface area contributed by atoms with E-state index in [-0.39, 0.29) is 6.03 Å². The Morgan fingerprint density at radius 3 is 2.63 bits per heavy atom. The number of anilines is 2. The maximum absolute atomic E-state index is 11.3. The number of amides is 2. The van der Waals surface area contributed by atoms with Gasteiger partial charge in [0.1, 0.15) is 5.82 Å². The Bertz CT molecular complexity index is 421. The quantitative estimate of drug-likeness (QED) is 0.666. The van der Waals surface area contributed by atoms with Crippen LogP contribution in [-0.2, 0) is 0 Å². The maximum Gasteiger partial charge on any atom is 0.316 e. The van der Waals surface area contributed by atoms with Crippen LogP contribution in [0.1, 0.15) is 12.6 Å². The minimum Gasteiger partial charge on any atom is -0.368 e. The topological polar surface area (TPSA) is 82.2 Å². The second-order valence-electron chi connectivity index (χ2n) is 4.30. The Kier molecular flexibility index (Phi) is 5.84. The van der Waals surface area contributed by atoms with Crippen molar-refractivity contribution >= 4 is 17.8 Å². The van der Waals surface area contributed by atoms with Gasteiger partial charge in [0.2, 0.25) is 5.95 Å². The molecule has 0 bridgehead atoms. The zero-order valence-corrected chi connectivity index (χ0v) is 11.9. The Morgan fingerprint density at radius 1 is 1.26 bits per heavy atom. The van der Waals surface area contributed by atoms with E-state index in [2.05, 4.69) is 25.9 Å². The Morgan fingerprint density at radius 2 is 2.00 bits per heavy atom. The summed E-state index contributed by atoms with van der Waals surface area (Å²) in [5.41, 5.74) is 0.894. The fourth-order valence-corrected chi connectivity index (χ4v) is 1.41.